The van der Waals surface area contributed by atoms with Crippen LogP contribution in [0.2, 0.25) is 0 Å². The van der Waals surface area contributed by atoms with Crippen molar-refractivity contribution in [1.82, 2.24) is 4.72 Å². The molecule has 1 amide bonds. The van der Waals surface area contributed by atoms with Crippen molar-refractivity contribution in [3.05, 3.63) is 59.2 Å². The summed E-state index contributed by atoms with van der Waals surface area (Å²) >= 11 is 0. The first kappa shape index (κ1) is 18.6. The third-order valence-electron chi connectivity index (χ3n) is 3.60. The number of carbonyl (C=O) groups excluding carboxylic acids is 1. The van der Waals surface area contributed by atoms with Crippen molar-refractivity contribution in [3.63, 3.8) is 0 Å². The summed E-state index contributed by atoms with van der Waals surface area (Å²) in [5.41, 5.74) is 3.06. The average Bonchev–Trinajstić information content (AvgIpc) is 2.58. The van der Waals surface area contributed by atoms with Gasteiger partial charge < -0.3 is 5.32 Å². The van der Waals surface area contributed by atoms with E-state index in [1.807, 2.05) is 38.1 Å². The van der Waals surface area contributed by atoms with E-state index >= 15 is 0 Å². The average molecular weight is 357 g/mol. The quantitative estimate of drug-likeness (QED) is 0.777. The van der Waals surface area contributed by atoms with Crippen LogP contribution in [-0.2, 0) is 10.0 Å². The lowest BCUT2D eigenvalue weighted by Crippen LogP contribution is -2.24. The highest BCUT2D eigenvalue weighted by molar-refractivity contribution is 7.89. The number of nitrogens with zero attached hydrogens (tertiary/aromatic N) is 1. The number of benzene rings is 2. The van der Waals surface area contributed by atoms with Gasteiger partial charge in [-0.2, -0.15) is 5.26 Å². The first-order valence-electron chi connectivity index (χ1n) is 7.69. The summed E-state index contributed by atoms with van der Waals surface area (Å²) in [7, 11) is -3.68. The summed E-state index contributed by atoms with van der Waals surface area (Å²) in [6, 6.07) is 13.3. The molecule has 0 saturated heterocycles. The molecule has 7 heteroatoms. The number of amides is 1. The molecule has 0 radical (unpaired) electrons. The Balaban J connectivity index is 2.12. The zero-order valence-corrected chi connectivity index (χ0v) is 14.9. The van der Waals surface area contributed by atoms with Crippen LogP contribution in [0.25, 0.3) is 0 Å². The highest BCUT2D eigenvalue weighted by atomic mass is 32.2. The summed E-state index contributed by atoms with van der Waals surface area (Å²) in [5.74, 6) is -0.310. The number of rotatable bonds is 6. The van der Waals surface area contributed by atoms with Crippen LogP contribution < -0.4 is 10.0 Å². The Labute approximate surface area is 147 Å². The minimum Gasteiger partial charge on any atom is -0.322 e. The van der Waals surface area contributed by atoms with Crippen molar-refractivity contribution >= 4 is 21.6 Å². The SMILES string of the molecule is Cc1ccc(C)c(NC(=O)c2ccc(S(=O)(=O)NCCC#N)cc2)c1. The topological polar surface area (TPSA) is 99.1 Å². The molecule has 0 spiro atoms. The molecule has 0 heterocycles. The summed E-state index contributed by atoms with van der Waals surface area (Å²) in [6.45, 7) is 3.89. The molecule has 0 aliphatic carbocycles. The van der Waals surface area contributed by atoms with Gasteiger partial charge in [0.05, 0.1) is 11.0 Å². The number of anilines is 1. The molecule has 0 unspecified atom stereocenters. The number of sulfonamides is 1. The highest BCUT2D eigenvalue weighted by Crippen LogP contribution is 2.18. The Morgan fingerprint density at radius 1 is 1.12 bits per heavy atom. The Bertz CT molecular complexity index is 914. The molecule has 0 aromatic heterocycles. The van der Waals surface area contributed by atoms with Gasteiger partial charge >= 0.3 is 0 Å². The Hall–Kier alpha value is -2.69. The van der Waals surface area contributed by atoms with E-state index in [9.17, 15) is 13.2 Å². The number of aryl methyl sites for hydroxylation is 2. The van der Waals surface area contributed by atoms with Gasteiger partial charge in [0.15, 0.2) is 0 Å². The lowest BCUT2D eigenvalue weighted by molar-refractivity contribution is 0.102. The normalized spacial score (nSPS) is 10.9. The predicted molar refractivity (Wildman–Crippen MR) is 95.7 cm³/mol. The standard InChI is InChI=1S/C18H19N3O3S/c1-13-4-5-14(2)17(12-13)21-18(22)15-6-8-16(9-7-15)25(23,24)20-11-3-10-19/h4-9,12,20H,3,11H2,1-2H3,(H,21,22). The van der Waals surface area contributed by atoms with Crippen LogP contribution in [0.3, 0.4) is 0 Å². The van der Waals surface area contributed by atoms with Gasteiger partial charge in [0, 0.05) is 24.2 Å². The number of carbonyl (C=O) groups is 1. The fraction of sp³-hybridized carbons (Fsp3) is 0.222. The molecule has 130 valence electrons. The molecule has 2 N–H and O–H groups in total. The van der Waals surface area contributed by atoms with Crippen LogP contribution in [-0.4, -0.2) is 20.9 Å². The van der Waals surface area contributed by atoms with Gasteiger partial charge in [0.1, 0.15) is 0 Å². The maximum absolute atomic E-state index is 12.3. The van der Waals surface area contributed by atoms with Gasteiger partial charge in [0.2, 0.25) is 10.0 Å². The Morgan fingerprint density at radius 2 is 1.80 bits per heavy atom. The van der Waals surface area contributed by atoms with Gasteiger partial charge in [0.25, 0.3) is 5.91 Å². The van der Waals surface area contributed by atoms with Gasteiger partial charge in [-0.1, -0.05) is 12.1 Å². The van der Waals surface area contributed by atoms with E-state index in [1.165, 1.54) is 24.3 Å². The van der Waals surface area contributed by atoms with Crippen molar-refractivity contribution in [2.45, 2.75) is 25.2 Å². The third kappa shape index (κ3) is 4.89. The lowest BCUT2D eigenvalue weighted by atomic mass is 10.1. The van der Waals surface area contributed by atoms with Crippen LogP contribution in [0.5, 0.6) is 0 Å². The second-order valence-corrected chi connectivity index (χ2v) is 7.37. The Kier molecular flexibility index (Phi) is 5.91. The van der Waals surface area contributed by atoms with Crippen molar-refractivity contribution in [3.8, 4) is 6.07 Å². The van der Waals surface area contributed by atoms with Crippen LogP contribution in [0.15, 0.2) is 47.4 Å². The van der Waals surface area contributed by atoms with E-state index in [0.717, 1.165) is 16.8 Å². The lowest BCUT2D eigenvalue weighted by Gasteiger charge is -2.10. The van der Waals surface area contributed by atoms with Crippen molar-refractivity contribution in [1.29, 1.82) is 5.26 Å². The third-order valence-corrected chi connectivity index (χ3v) is 5.07. The minimum absolute atomic E-state index is 0.0493. The van der Waals surface area contributed by atoms with E-state index < -0.39 is 10.0 Å². The second kappa shape index (κ2) is 7.92. The molecule has 2 aromatic rings. The molecule has 0 bridgehead atoms. The predicted octanol–water partition coefficient (Wildman–Crippen LogP) is 2.75. The molecule has 0 saturated carbocycles. The zero-order chi connectivity index (χ0) is 18.4. The summed E-state index contributed by atoms with van der Waals surface area (Å²) in [5, 5.41) is 11.3. The first-order valence-corrected chi connectivity index (χ1v) is 9.17. The van der Waals surface area contributed by atoms with Gasteiger partial charge in [-0.3, -0.25) is 4.79 Å². The molecule has 0 aliphatic rings. The van der Waals surface area contributed by atoms with Gasteiger partial charge in [-0.25, -0.2) is 13.1 Å². The smallest absolute Gasteiger partial charge is 0.255 e. The molecule has 25 heavy (non-hydrogen) atoms. The van der Waals surface area contributed by atoms with Gasteiger partial charge in [-0.05, 0) is 55.3 Å². The fourth-order valence-corrected chi connectivity index (χ4v) is 3.21. The molecular weight excluding hydrogens is 338 g/mol. The monoisotopic (exact) mass is 357 g/mol. The number of nitriles is 1. The number of hydrogen-bond acceptors (Lipinski definition) is 4. The van der Waals surface area contributed by atoms with E-state index in [0.29, 0.717) is 5.56 Å². The first-order chi connectivity index (χ1) is 11.8. The van der Waals surface area contributed by atoms with E-state index in [4.69, 9.17) is 5.26 Å². The molecule has 0 fully saturated rings. The largest absolute Gasteiger partial charge is 0.322 e. The van der Waals surface area contributed by atoms with Crippen molar-refractivity contribution in [2.75, 3.05) is 11.9 Å². The summed E-state index contributed by atoms with van der Waals surface area (Å²) < 4.78 is 26.4. The Morgan fingerprint density at radius 3 is 2.44 bits per heavy atom. The molecule has 0 atom stereocenters. The van der Waals surface area contributed by atoms with Crippen LogP contribution in [0.1, 0.15) is 27.9 Å². The maximum Gasteiger partial charge on any atom is 0.255 e. The summed E-state index contributed by atoms with van der Waals surface area (Å²) in [4.78, 5) is 12.4. The molecule has 2 aromatic carbocycles. The molecule has 2 rings (SSSR count). The van der Waals surface area contributed by atoms with E-state index in [-0.39, 0.29) is 23.8 Å². The van der Waals surface area contributed by atoms with Gasteiger partial charge in [-0.15, -0.1) is 0 Å². The minimum atomic E-state index is -3.68. The number of hydrogen-bond donors (Lipinski definition) is 2. The van der Waals surface area contributed by atoms with Crippen molar-refractivity contribution in [2.24, 2.45) is 0 Å². The summed E-state index contributed by atoms with van der Waals surface area (Å²) in [6.07, 6.45) is 0.0928. The zero-order valence-electron chi connectivity index (χ0n) is 14.0. The van der Waals surface area contributed by atoms with Crippen molar-refractivity contribution < 1.29 is 13.2 Å². The highest BCUT2D eigenvalue weighted by Gasteiger charge is 2.14. The maximum atomic E-state index is 12.3. The van der Waals surface area contributed by atoms with E-state index in [2.05, 4.69) is 10.0 Å². The molecule has 0 aliphatic heterocycles. The van der Waals surface area contributed by atoms with Crippen LogP contribution in [0, 0.1) is 25.2 Å². The number of nitrogens with one attached hydrogen (secondary N) is 2. The fourth-order valence-electron chi connectivity index (χ4n) is 2.18. The van der Waals surface area contributed by atoms with Crippen LogP contribution in [0.4, 0.5) is 5.69 Å². The molecule has 6 nitrogen and oxygen atoms in total. The van der Waals surface area contributed by atoms with E-state index in [1.54, 1.807) is 0 Å². The molecular formula is C18H19N3O3S. The second-order valence-electron chi connectivity index (χ2n) is 5.60. The van der Waals surface area contributed by atoms with Crippen LogP contribution >= 0.6 is 0 Å².